The lowest BCUT2D eigenvalue weighted by molar-refractivity contribution is 0.358. The van der Waals surface area contributed by atoms with Crippen LogP contribution in [-0.2, 0) is 6.42 Å². The Balaban J connectivity index is 2.67. The number of para-hydroxylation sites is 1. The Morgan fingerprint density at radius 1 is 1.29 bits per heavy atom. The fourth-order valence-electron chi connectivity index (χ4n) is 1.46. The topological polar surface area (TPSA) is 56.8 Å². The molecule has 0 unspecified atom stereocenters. The third-order valence-corrected chi connectivity index (χ3v) is 2.34. The molecule has 0 aliphatic carbocycles. The molecule has 0 radical (unpaired) electrons. The van der Waals surface area contributed by atoms with Crippen molar-refractivity contribution in [1.29, 1.82) is 10.5 Å². The highest BCUT2D eigenvalue weighted by Crippen LogP contribution is 2.21. The zero-order valence-electron chi connectivity index (χ0n) is 9.60. The zero-order chi connectivity index (χ0) is 12.5. The van der Waals surface area contributed by atoms with E-state index >= 15 is 0 Å². The second-order valence-electron chi connectivity index (χ2n) is 3.56. The smallest absolute Gasteiger partial charge is 0.133 e. The number of ether oxygens (including phenoxy) is 1. The molecule has 0 aliphatic rings. The van der Waals surface area contributed by atoms with Gasteiger partial charge in [0.1, 0.15) is 18.3 Å². The van der Waals surface area contributed by atoms with Crippen molar-refractivity contribution in [2.45, 2.75) is 12.8 Å². The molecule has 0 N–H and O–H groups in total. The van der Waals surface area contributed by atoms with Gasteiger partial charge < -0.3 is 4.74 Å². The fourth-order valence-corrected chi connectivity index (χ4v) is 1.46. The van der Waals surface area contributed by atoms with Crippen LogP contribution in [0.5, 0.6) is 5.75 Å². The van der Waals surface area contributed by atoms with E-state index < -0.39 is 5.92 Å². The van der Waals surface area contributed by atoms with Gasteiger partial charge in [-0.3, -0.25) is 0 Å². The largest absolute Gasteiger partial charge is 0.489 e. The summed E-state index contributed by atoms with van der Waals surface area (Å²) < 4.78 is 5.50. The Morgan fingerprint density at radius 3 is 2.65 bits per heavy atom. The van der Waals surface area contributed by atoms with Crippen LogP contribution in [0.3, 0.4) is 0 Å². The predicted molar refractivity (Wildman–Crippen MR) is 65.2 cm³/mol. The summed E-state index contributed by atoms with van der Waals surface area (Å²) in [6.45, 7) is 4.05. The van der Waals surface area contributed by atoms with E-state index in [9.17, 15) is 0 Å². The maximum absolute atomic E-state index is 8.70. The third kappa shape index (κ3) is 4.01. The Labute approximate surface area is 102 Å². The van der Waals surface area contributed by atoms with Gasteiger partial charge in [-0.1, -0.05) is 30.9 Å². The van der Waals surface area contributed by atoms with Gasteiger partial charge in [-0.15, -0.1) is 0 Å². The minimum Gasteiger partial charge on any atom is -0.489 e. The Kier molecular flexibility index (Phi) is 5.34. The first-order chi connectivity index (χ1) is 8.31. The molecule has 0 fully saturated rings. The molecule has 0 bridgehead atoms. The molecule has 3 nitrogen and oxygen atoms in total. The molecule has 0 aromatic heterocycles. The van der Waals surface area contributed by atoms with E-state index in [4.69, 9.17) is 15.3 Å². The molecule has 1 aromatic carbocycles. The maximum atomic E-state index is 8.70. The van der Waals surface area contributed by atoms with Gasteiger partial charge in [-0.05, 0) is 24.5 Å². The van der Waals surface area contributed by atoms with E-state index in [1.54, 1.807) is 6.08 Å². The number of nitriles is 2. The summed E-state index contributed by atoms with van der Waals surface area (Å²) in [5.74, 6) is 0.240. The molecule has 0 heterocycles. The highest BCUT2D eigenvalue weighted by Gasteiger charge is 2.08. The SMILES string of the molecule is C=CCOc1ccccc1CCC(C#N)C#N. The third-order valence-electron chi connectivity index (χ3n) is 2.34. The number of aryl methyl sites for hydroxylation is 1. The molecule has 0 atom stereocenters. The molecule has 0 saturated heterocycles. The fraction of sp³-hybridized carbons (Fsp3) is 0.286. The molecule has 86 valence electrons. The van der Waals surface area contributed by atoms with Crippen LogP contribution in [0.1, 0.15) is 12.0 Å². The van der Waals surface area contributed by atoms with E-state index in [0.29, 0.717) is 19.4 Å². The highest BCUT2D eigenvalue weighted by atomic mass is 16.5. The molecule has 0 saturated carbocycles. The van der Waals surface area contributed by atoms with Gasteiger partial charge in [0.05, 0.1) is 12.1 Å². The first kappa shape index (κ1) is 12.8. The zero-order valence-corrected chi connectivity index (χ0v) is 9.60. The average Bonchev–Trinajstić information content (AvgIpc) is 2.38. The van der Waals surface area contributed by atoms with Gasteiger partial charge in [0.25, 0.3) is 0 Å². The van der Waals surface area contributed by atoms with E-state index in [1.165, 1.54) is 0 Å². The summed E-state index contributed by atoms with van der Waals surface area (Å²) >= 11 is 0. The molecule has 0 amide bonds. The Bertz CT molecular complexity index is 440. The first-order valence-corrected chi connectivity index (χ1v) is 5.42. The molecule has 1 aromatic rings. The van der Waals surface area contributed by atoms with E-state index in [2.05, 4.69) is 6.58 Å². The molecule has 0 aliphatic heterocycles. The van der Waals surface area contributed by atoms with Crippen LogP contribution in [0.25, 0.3) is 0 Å². The summed E-state index contributed by atoms with van der Waals surface area (Å²) in [7, 11) is 0. The first-order valence-electron chi connectivity index (χ1n) is 5.42. The van der Waals surface area contributed by atoms with Crippen molar-refractivity contribution in [1.82, 2.24) is 0 Å². The number of benzene rings is 1. The van der Waals surface area contributed by atoms with Crippen molar-refractivity contribution >= 4 is 0 Å². The molecule has 0 spiro atoms. The standard InChI is InChI=1S/C14H14N2O/c1-2-9-17-14-6-4-3-5-13(14)8-7-12(10-15)11-16/h2-6,12H,1,7-9H2. The summed E-state index contributed by atoms with van der Waals surface area (Å²) in [6, 6.07) is 11.6. The van der Waals surface area contributed by atoms with Gasteiger partial charge >= 0.3 is 0 Å². The summed E-state index contributed by atoms with van der Waals surface area (Å²) in [5, 5.41) is 17.4. The summed E-state index contributed by atoms with van der Waals surface area (Å²) in [5.41, 5.74) is 1.02. The normalized spacial score (nSPS) is 9.35. The second kappa shape index (κ2) is 7.09. The summed E-state index contributed by atoms with van der Waals surface area (Å²) in [6.07, 6.45) is 2.88. The number of hydrogen-bond acceptors (Lipinski definition) is 3. The van der Waals surface area contributed by atoms with Crippen molar-refractivity contribution in [3.8, 4) is 17.9 Å². The number of rotatable bonds is 6. The van der Waals surface area contributed by atoms with Crippen molar-refractivity contribution in [2.24, 2.45) is 5.92 Å². The Hall–Kier alpha value is -2.26. The minimum absolute atomic E-state index is 0.455. The van der Waals surface area contributed by atoms with Gasteiger partial charge in [0.15, 0.2) is 0 Å². The Morgan fingerprint density at radius 2 is 2.00 bits per heavy atom. The summed E-state index contributed by atoms with van der Waals surface area (Å²) in [4.78, 5) is 0. The lowest BCUT2D eigenvalue weighted by atomic mass is 10.0. The van der Waals surface area contributed by atoms with Gasteiger partial charge in [-0.25, -0.2) is 0 Å². The minimum atomic E-state index is -0.553. The van der Waals surface area contributed by atoms with Crippen LogP contribution >= 0.6 is 0 Å². The van der Waals surface area contributed by atoms with Crippen molar-refractivity contribution in [3.05, 3.63) is 42.5 Å². The second-order valence-corrected chi connectivity index (χ2v) is 3.56. The van der Waals surface area contributed by atoms with Crippen LogP contribution in [0.2, 0.25) is 0 Å². The quantitative estimate of drug-likeness (QED) is 0.701. The average molecular weight is 226 g/mol. The van der Waals surface area contributed by atoms with E-state index in [0.717, 1.165) is 11.3 Å². The predicted octanol–water partition coefficient (Wildman–Crippen LogP) is 2.85. The lowest BCUT2D eigenvalue weighted by Gasteiger charge is -2.09. The molecule has 17 heavy (non-hydrogen) atoms. The molecular formula is C14H14N2O. The van der Waals surface area contributed by atoms with Crippen LogP contribution in [-0.4, -0.2) is 6.61 Å². The molecule has 3 heteroatoms. The number of nitrogens with zero attached hydrogens (tertiary/aromatic N) is 2. The number of hydrogen-bond donors (Lipinski definition) is 0. The monoisotopic (exact) mass is 226 g/mol. The van der Waals surface area contributed by atoms with Crippen molar-refractivity contribution in [2.75, 3.05) is 6.61 Å². The van der Waals surface area contributed by atoms with Gasteiger partial charge in [-0.2, -0.15) is 10.5 Å². The lowest BCUT2D eigenvalue weighted by Crippen LogP contribution is -2.00. The highest BCUT2D eigenvalue weighted by molar-refractivity contribution is 5.33. The van der Waals surface area contributed by atoms with Gasteiger partial charge in [0.2, 0.25) is 0 Å². The van der Waals surface area contributed by atoms with Crippen LogP contribution in [0.15, 0.2) is 36.9 Å². The van der Waals surface area contributed by atoms with E-state index in [-0.39, 0.29) is 0 Å². The molecular weight excluding hydrogens is 212 g/mol. The van der Waals surface area contributed by atoms with Crippen LogP contribution in [0, 0.1) is 28.6 Å². The van der Waals surface area contributed by atoms with Crippen molar-refractivity contribution in [3.63, 3.8) is 0 Å². The van der Waals surface area contributed by atoms with Crippen LogP contribution < -0.4 is 4.74 Å². The van der Waals surface area contributed by atoms with E-state index in [1.807, 2.05) is 36.4 Å². The van der Waals surface area contributed by atoms with Crippen LogP contribution in [0.4, 0.5) is 0 Å². The molecule has 1 rings (SSSR count). The maximum Gasteiger partial charge on any atom is 0.133 e. The van der Waals surface area contributed by atoms with Crippen molar-refractivity contribution < 1.29 is 4.74 Å². The van der Waals surface area contributed by atoms with Gasteiger partial charge in [0, 0.05) is 0 Å².